The number of rotatable bonds is 3. The summed E-state index contributed by atoms with van der Waals surface area (Å²) >= 11 is 0. The van der Waals surface area contributed by atoms with Gasteiger partial charge in [0.15, 0.2) is 0 Å². The van der Waals surface area contributed by atoms with Crippen molar-refractivity contribution in [1.82, 2.24) is 5.32 Å². The number of benzene rings is 1. The third-order valence-corrected chi connectivity index (χ3v) is 5.81. The Kier molecular flexibility index (Phi) is 4.16. The van der Waals surface area contributed by atoms with Gasteiger partial charge >= 0.3 is 0 Å². The van der Waals surface area contributed by atoms with Crippen molar-refractivity contribution in [3.05, 3.63) is 35.4 Å². The summed E-state index contributed by atoms with van der Waals surface area (Å²) in [5.74, 6) is 2.54. The molecule has 3 rings (SSSR count). The molecule has 20 heavy (non-hydrogen) atoms. The van der Waals surface area contributed by atoms with Crippen LogP contribution in [0.1, 0.15) is 63.0 Å². The summed E-state index contributed by atoms with van der Waals surface area (Å²) in [4.78, 5) is 0. The van der Waals surface area contributed by atoms with E-state index in [2.05, 4.69) is 50.4 Å². The Morgan fingerprint density at radius 3 is 2.65 bits per heavy atom. The first-order chi connectivity index (χ1) is 9.63. The summed E-state index contributed by atoms with van der Waals surface area (Å²) in [6.07, 6.45) is 6.90. The minimum absolute atomic E-state index is 0.762. The summed E-state index contributed by atoms with van der Waals surface area (Å²) < 4.78 is 0. The van der Waals surface area contributed by atoms with Crippen molar-refractivity contribution in [2.75, 3.05) is 0 Å². The minimum Gasteiger partial charge on any atom is -0.311 e. The standard InChI is InChI=1S/C19H29N/c1-13-6-4-8-16(10-13)17-11-18(12-17)20-19-9-5-7-14(2)15(19)3/h4,6,8,10,14-15,17-20H,5,7,9,11-12H2,1-3H3. The highest BCUT2D eigenvalue weighted by Gasteiger charge is 2.34. The highest BCUT2D eigenvalue weighted by atomic mass is 15.0. The van der Waals surface area contributed by atoms with Crippen LogP contribution in [0.25, 0.3) is 0 Å². The number of hydrogen-bond donors (Lipinski definition) is 1. The molecule has 110 valence electrons. The second kappa shape index (κ2) is 5.89. The Morgan fingerprint density at radius 1 is 1.10 bits per heavy atom. The molecule has 0 aromatic heterocycles. The molecule has 0 amide bonds. The Bertz CT molecular complexity index is 447. The van der Waals surface area contributed by atoms with Crippen molar-refractivity contribution >= 4 is 0 Å². The van der Waals surface area contributed by atoms with E-state index in [0.29, 0.717) is 0 Å². The predicted octanol–water partition coefficient (Wildman–Crippen LogP) is 4.66. The first-order valence-electron chi connectivity index (χ1n) is 8.46. The fraction of sp³-hybridized carbons (Fsp3) is 0.684. The SMILES string of the molecule is Cc1cccc(C2CC(NC3CCCC(C)C3C)C2)c1. The molecule has 1 aromatic carbocycles. The van der Waals surface area contributed by atoms with E-state index in [-0.39, 0.29) is 0 Å². The lowest BCUT2D eigenvalue weighted by Gasteiger charge is -2.43. The Labute approximate surface area is 124 Å². The van der Waals surface area contributed by atoms with E-state index in [1.807, 2.05) is 0 Å². The number of aryl methyl sites for hydroxylation is 1. The van der Waals surface area contributed by atoms with Crippen LogP contribution in [0.15, 0.2) is 24.3 Å². The topological polar surface area (TPSA) is 12.0 Å². The van der Waals surface area contributed by atoms with E-state index < -0.39 is 0 Å². The van der Waals surface area contributed by atoms with Crippen LogP contribution in [0.4, 0.5) is 0 Å². The maximum atomic E-state index is 3.95. The van der Waals surface area contributed by atoms with Gasteiger partial charge in [-0.25, -0.2) is 0 Å². The van der Waals surface area contributed by atoms with Crippen molar-refractivity contribution < 1.29 is 0 Å². The molecule has 2 fully saturated rings. The molecule has 1 aromatic rings. The summed E-state index contributed by atoms with van der Waals surface area (Å²) in [6, 6.07) is 10.6. The predicted molar refractivity (Wildman–Crippen MR) is 86.0 cm³/mol. The van der Waals surface area contributed by atoms with Gasteiger partial charge in [-0.3, -0.25) is 0 Å². The lowest BCUT2D eigenvalue weighted by molar-refractivity contribution is 0.162. The zero-order valence-electron chi connectivity index (χ0n) is 13.2. The van der Waals surface area contributed by atoms with E-state index in [1.165, 1.54) is 37.7 Å². The monoisotopic (exact) mass is 271 g/mol. The average molecular weight is 271 g/mol. The van der Waals surface area contributed by atoms with Crippen LogP contribution in [-0.2, 0) is 0 Å². The van der Waals surface area contributed by atoms with E-state index in [9.17, 15) is 0 Å². The molecule has 1 nitrogen and oxygen atoms in total. The first kappa shape index (κ1) is 14.1. The van der Waals surface area contributed by atoms with Gasteiger partial charge in [0.2, 0.25) is 0 Å². The van der Waals surface area contributed by atoms with Gasteiger partial charge in [-0.1, -0.05) is 56.5 Å². The fourth-order valence-corrected chi connectivity index (χ4v) is 4.07. The normalized spacial score (nSPS) is 37.5. The molecular formula is C19H29N. The summed E-state index contributed by atoms with van der Waals surface area (Å²) in [5.41, 5.74) is 2.95. The Balaban J connectivity index is 1.51. The van der Waals surface area contributed by atoms with Gasteiger partial charge in [0.25, 0.3) is 0 Å². The molecule has 0 heterocycles. The third kappa shape index (κ3) is 2.93. The fourth-order valence-electron chi connectivity index (χ4n) is 4.07. The van der Waals surface area contributed by atoms with Crippen molar-refractivity contribution in [3.8, 4) is 0 Å². The number of hydrogen-bond acceptors (Lipinski definition) is 1. The smallest absolute Gasteiger partial charge is 0.00978 e. The van der Waals surface area contributed by atoms with Gasteiger partial charge < -0.3 is 5.32 Å². The quantitative estimate of drug-likeness (QED) is 0.843. The average Bonchev–Trinajstić information content (AvgIpc) is 2.38. The molecule has 0 spiro atoms. The van der Waals surface area contributed by atoms with E-state index in [1.54, 1.807) is 5.56 Å². The van der Waals surface area contributed by atoms with Crippen LogP contribution >= 0.6 is 0 Å². The minimum atomic E-state index is 0.762. The van der Waals surface area contributed by atoms with Crippen molar-refractivity contribution in [3.63, 3.8) is 0 Å². The van der Waals surface area contributed by atoms with Crippen LogP contribution in [-0.4, -0.2) is 12.1 Å². The van der Waals surface area contributed by atoms with Gasteiger partial charge in [-0.2, -0.15) is 0 Å². The molecule has 2 aliphatic carbocycles. The van der Waals surface area contributed by atoms with E-state index >= 15 is 0 Å². The highest BCUT2D eigenvalue weighted by molar-refractivity contribution is 5.27. The van der Waals surface area contributed by atoms with Crippen LogP contribution in [0.5, 0.6) is 0 Å². The molecule has 1 N–H and O–H groups in total. The molecule has 2 aliphatic rings. The molecule has 1 heteroatoms. The summed E-state index contributed by atoms with van der Waals surface area (Å²) in [7, 11) is 0. The molecule has 0 aliphatic heterocycles. The molecule has 3 unspecified atom stereocenters. The lowest BCUT2D eigenvalue weighted by Crippen LogP contribution is -2.50. The second-order valence-corrected chi connectivity index (χ2v) is 7.32. The lowest BCUT2D eigenvalue weighted by atomic mass is 9.73. The Morgan fingerprint density at radius 2 is 1.90 bits per heavy atom. The van der Waals surface area contributed by atoms with Gasteiger partial charge in [-0.05, 0) is 49.5 Å². The molecule has 2 saturated carbocycles. The maximum Gasteiger partial charge on any atom is 0.00978 e. The Hall–Kier alpha value is -0.820. The third-order valence-electron chi connectivity index (χ3n) is 5.81. The van der Waals surface area contributed by atoms with Crippen LogP contribution < -0.4 is 5.32 Å². The van der Waals surface area contributed by atoms with Crippen molar-refractivity contribution in [2.24, 2.45) is 11.8 Å². The van der Waals surface area contributed by atoms with Gasteiger partial charge in [0.1, 0.15) is 0 Å². The van der Waals surface area contributed by atoms with Crippen LogP contribution in [0.3, 0.4) is 0 Å². The molecule has 0 saturated heterocycles. The van der Waals surface area contributed by atoms with Crippen LogP contribution in [0, 0.1) is 18.8 Å². The highest BCUT2D eigenvalue weighted by Crippen LogP contribution is 2.39. The van der Waals surface area contributed by atoms with Crippen molar-refractivity contribution in [2.45, 2.75) is 70.9 Å². The van der Waals surface area contributed by atoms with Gasteiger partial charge in [0.05, 0.1) is 0 Å². The maximum absolute atomic E-state index is 3.95. The zero-order chi connectivity index (χ0) is 14.1. The van der Waals surface area contributed by atoms with Gasteiger partial charge in [0, 0.05) is 12.1 Å². The summed E-state index contributed by atoms with van der Waals surface area (Å²) in [5, 5.41) is 3.95. The van der Waals surface area contributed by atoms with E-state index in [0.717, 1.165) is 29.8 Å². The van der Waals surface area contributed by atoms with Gasteiger partial charge in [-0.15, -0.1) is 0 Å². The second-order valence-electron chi connectivity index (χ2n) is 7.32. The molecular weight excluding hydrogens is 242 g/mol. The molecule has 0 bridgehead atoms. The summed E-state index contributed by atoms with van der Waals surface area (Å²) in [6.45, 7) is 7.07. The van der Waals surface area contributed by atoms with Crippen molar-refractivity contribution in [1.29, 1.82) is 0 Å². The molecule has 3 atom stereocenters. The zero-order valence-corrected chi connectivity index (χ0v) is 13.2. The first-order valence-corrected chi connectivity index (χ1v) is 8.46. The number of nitrogens with one attached hydrogen (secondary N) is 1. The largest absolute Gasteiger partial charge is 0.311 e. The molecule has 0 radical (unpaired) electrons. The van der Waals surface area contributed by atoms with Crippen LogP contribution in [0.2, 0.25) is 0 Å². The van der Waals surface area contributed by atoms with E-state index in [4.69, 9.17) is 0 Å².